The molecule has 0 spiro atoms. The highest BCUT2D eigenvalue weighted by molar-refractivity contribution is 5.47. The summed E-state index contributed by atoms with van der Waals surface area (Å²) >= 11 is 0. The first-order valence-corrected chi connectivity index (χ1v) is 5.94. The molecule has 0 radical (unpaired) electrons. The Morgan fingerprint density at radius 1 is 0.882 bits per heavy atom. The predicted molar refractivity (Wildman–Crippen MR) is 69.4 cm³/mol. The van der Waals surface area contributed by atoms with Crippen molar-refractivity contribution in [2.45, 2.75) is 6.42 Å². The smallest absolute Gasteiger partial charge is 0.161 e. The molecule has 0 unspecified atom stereocenters. The Morgan fingerprint density at radius 3 is 2.53 bits per heavy atom. The molecule has 0 atom stereocenters. The molecule has 0 saturated carbocycles. The van der Waals surface area contributed by atoms with Crippen LogP contribution in [-0.4, -0.2) is 13.3 Å². The Labute approximate surface area is 101 Å². The molecule has 2 aromatic carbocycles. The van der Waals surface area contributed by atoms with E-state index in [2.05, 4.69) is 41.3 Å². The van der Waals surface area contributed by atoms with Gasteiger partial charge in [0.05, 0.1) is 0 Å². The van der Waals surface area contributed by atoms with E-state index in [0.29, 0.717) is 6.73 Å². The monoisotopic (exact) mass is 225 g/mol. The van der Waals surface area contributed by atoms with Crippen LogP contribution in [0.4, 0.5) is 5.69 Å². The molecule has 2 aromatic rings. The fraction of sp³-hybridized carbons (Fsp3) is 0.200. The molecule has 0 fully saturated rings. The quantitative estimate of drug-likeness (QED) is 0.739. The first kappa shape index (κ1) is 10.2. The maximum atomic E-state index is 5.84. The zero-order chi connectivity index (χ0) is 11.5. The van der Waals surface area contributed by atoms with Crippen LogP contribution in [0.15, 0.2) is 54.6 Å². The summed E-state index contributed by atoms with van der Waals surface area (Å²) < 4.78 is 5.84. The van der Waals surface area contributed by atoms with Crippen LogP contribution < -0.4 is 9.64 Å². The fourth-order valence-corrected chi connectivity index (χ4v) is 2.16. The van der Waals surface area contributed by atoms with Gasteiger partial charge >= 0.3 is 0 Å². The minimum Gasteiger partial charge on any atom is -0.473 e. The maximum absolute atomic E-state index is 5.84. The minimum atomic E-state index is 0.626. The molecule has 0 aromatic heterocycles. The third-order valence-corrected chi connectivity index (χ3v) is 3.12. The van der Waals surface area contributed by atoms with Gasteiger partial charge in [0, 0.05) is 12.2 Å². The number of nitrogens with zero attached hydrogens (tertiary/aromatic N) is 1. The highest BCUT2D eigenvalue weighted by Gasteiger charge is 2.13. The summed E-state index contributed by atoms with van der Waals surface area (Å²) in [6.07, 6.45) is 1.03. The number of rotatable bonds is 1. The number of ether oxygens (including phenoxy) is 1. The molecular weight excluding hydrogens is 210 g/mol. The Balaban J connectivity index is 1.82. The summed E-state index contributed by atoms with van der Waals surface area (Å²) in [6, 6.07) is 18.7. The van der Waals surface area contributed by atoms with Crippen LogP contribution in [0.3, 0.4) is 0 Å². The van der Waals surface area contributed by atoms with Crippen molar-refractivity contribution in [2.24, 2.45) is 0 Å². The molecule has 0 saturated heterocycles. The minimum absolute atomic E-state index is 0.626. The average molecular weight is 225 g/mol. The molecule has 17 heavy (non-hydrogen) atoms. The average Bonchev–Trinajstić information content (AvgIpc) is 2.62. The van der Waals surface area contributed by atoms with Crippen LogP contribution in [0, 0.1) is 0 Å². The van der Waals surface area contributed by atoms with Crippen LogP contribution >= 0.6 is 0 Å². The van der Waals surface area contributed by atoms with Gasteiger partial charge in [0.15, 0.2) is 6.73 Å². The van der Waals surface area contributed by atoms with E-state index in [-0.39, 0.29) is 0 Å². The van der Waals surface area contributed by atoms with Gasteiger partial charge < -0.3 is 9.64 Å². The van der Waals surface area contributed by atoms with E-state index >= 15 is 0 Å². The van der Waals surface area contributed by atoms with Crippen LogP contribution in [0.1, 0.15) is 5.56 Å². The number of benzene rings is 2. The molecule has 2 heteroatoms. The van der Waals surface area contributed by atoms with Gasteiger partial charge in [0.2, 0.25) is 0 Å². The molecule has 0 aliphatic carbocycles. The summed E-state index contributed by atoms with van der Waals surface area (Å²) in [7, 11) is 0. The van der Waals surface area contributed by atoms with E-state index in [0.717, 1.165) is 18.7 Å². The summed E-state index contributed by atoms with van der Waals surface area (Å²) in [5.74, 6) is 1.02. The van der Waals surface area contributed by atoms with E-state index in [1.165, 1.54) is 11.3 Å². The molecule has 0 amide bonds. The number of anilines is 1. The first-order valence-electron chi connectivity index (χ1n) is 5.94. The van der Waals surface area contributed by atoms with Crippen molar-refractivity contribution in [1.29, 1.82) is 0 Å². The molecule has 1 aliphatic rings. The van der Waals surface area contributed by atoms with E-state index in [4.69, 9.17) is 4.74 Å². The summed E-state index contributed by atoms with van der Waals surface area (Å²) in [5.41, 5.74) is 2.52. The normalized spacial score (nSPS) is 14.7. The standard InChI is InChI=1S/C15H15NO/c1-2-7-14(8-3-1)16-11-10-13-6-4-5-9-15(13)17-12-16/h1-9H,10-12H2. The Hall–Kier alpha value is -1.96. The lowest BCUT2D eigenvalue weighted by Crippen LogP contribution is -2.27. The largest absolute Gasteiger partial charge is 0.473 e. The van der Waals surface area contributed by atoms with Crippen LogP contribution in [0.2, 0.25) is 0 Å². The van der Waals surface area contributed by atoms with Gasteiger partial charge in [-0.05, 0) is 30.2 Å². The Bertz CT molecular complexity index is 468. The zero-order valence-electron chi connectivity index (χ0n) is 9.67. The molecule has 0 N–H and O–H groups in total. The van der Waals surface area contributed by atoms with Crippen molar-refractivity contribution in [1.82, 2.24) is 0 Å². The lowest BCUT2D eigenvalue weighted by atomic mass is 10.1. The highest BCUT2D eigenvalue weighted by Crippen LogP contribution is 2.24. The lowest BCUT2D eigenvalue weighted by Gasteiger charge is -2.21. The van der Waals surface area contributed by atoms with Gasteiger partial charge in [-0.15, -0.1) is 0 Å². The van der Waals surface area contributed by atoms with Gasteiger partial charge in [-0.2, -0.15) is 0 Å². The van der Waals surface area contributed by atoms with Crippen molar-refractivity contribution >= 4 is 5.69 Å². The van der Waals surface area contributed by atoms with E-state index in [9.17, 15) is 0 Å². The van der Waals surface area contributed by atoms with Gasteiger partial charge in [-0.3, -0.25) is 0 Å². The van der Waals surface area contributed by atoms with Gasteiger partial charge in [-0.25, -0.2) is 0 Å². The number of hydrogen-bond acceptors (Lipinski definition) is 2. The SMILES string of the molecule is c1ccc(N2CCc3ccccc3OC2)cc1. The second-order valence-corrected chi connectivity index (χ2v) is 4.23. The summed E-state index contributed by atoms with van der Waals surface area (Å²) in [6.45, 7) is 1.63. The fourth-order valence-electron chi connectivity index (χ4n) is 2.16. The Morgan fingerprint density at radius 2 is 1.65 bits per heavy atom. The number of hydrogen-bond donors (Lipinski definition) is 0. The van der Waals surface area contributed by atoms with Crippen molar-refractivity contribution < 1.29 is 4.74 Å². The van der Waals surface area contributed by atoms with Crippen molar-refractivity contribution in [3.63, 3.8) is 0 Å². The van der Waals surface area contributed by atoms with Gasteiger partial charge in [0.25, 0.3) is 0 Å². The molecule has 1 heterocycles. The highest BCUT2D eigenvalue weighted by atomic mass is 16.5. The molecule has 3 rings (SSSR count). The Kier molecular flexibility index (Phi) is 2.70. The topological polar surface area (TPSA) is 12.5 Å². The number of fused-ring (bicyclic) bond motifs is 1. The lowest BCUT2D eigenvalue weighted by molar-refractivity contribution is 0.321. The van der Waals surface area contributed by atoms with Crippen molar-refractivity contribution in [2.75, 3.05) is 18.2 Å². The first-order chi connectivity index (χ1) is 8.43. The second kappa shape index (κ2) is 4.50. The summed E-state index contributed by atoms with van der Waals surface area (Å²) in [4.78, 5) is 2.26. The van der Waals surface area contributed by atoms with Crippen LogP contribution in [-0.2, 0) is 6.42 Å². The number of para-hydroxylation sites is 2. The molecule has 0 bridgehead atoms. The predicted octanol–water partition coefficient (Wildman–Crippen LogP) is 3.09. The maximum Gasteiger partial charge on any atom is 0.161 e. The van der Waals surface area contributed by atoms with Crippen molar-refractivity contribution in [3.8, 4) is 5.75 Å². The van der Waals surface area contributed by atoms with Gasteiger partial charge in [0.1, 0.15) is 5.75 Å². The second-order valence-electron chi connectivity index (χ2n) is 4.23. The molecule has 2 nitrogen and oxygen atoms in total. The van der Waals surface area contributed by atoms with E-state index in [1.807, 2.05) is 18.2 Å². The van der Waals surface area contributed by atoms with Crippen LogP contribution in [0.5, 0.6) is 5.75 Å². The van der Waals surface area contributed by atoms with Gasteiger partial charge in [-0.1, -0.05) is 36.4 Å². The molecular formula is C15H15NO. The third-order valence-electron chi connectivity index (χ3n) is 3.12. The van der Waals surface area contributed by atoms with E-state index in [1.54, 1.807) is 0 Å². The molecule has 86 valence electrons. The van der Waals surface area contributed by atoms with E-state index < -0.39 is 0 Å². The summed E-state index contributed by atoms with van der Waals surface area (Å²) in [5, 5.41) is 0. The van der Waals surface area contributed by atoms with Crippen LogP contribution in [0.25, 0.3) is 0 Å². The zero-order valence-corrected chi connectivity index (χ0v) is 9.67. The molecule has 1 aliphatic heterocycles. The van der Waals surface area contributed by atoms with Crippen molar-refractivity contribution in [3.05, 3.63) is 60.2 Å². The third kappa shape index (κ3) is 2.11.